The number of fused-ring (bicyclic) bond motifs is 3. The van der Waals surface area contributed by atoms with Crippen molar-refractivity contribution in [2.45, 2.75) is 0 Å². The third-order valence-electron chi connectivity index (χ3n) is 7.98. The van der Waals surface area contributed by atoms with E-state index in [0.717, 1.165) is 33.4 Å². The molecule has 4 nitrogen and oxygen atoms in total. The molecule has 2 aromatic heterocycles. The number of hydrogen-bond donors (Lipinski definition) is 0. The lowest BCUT2D eigenvalue weighted by Crippen LogP contribution is -2.00. The highest BCUT2D eigenvalue weighted by atomic mass is 32.1. The van der Waals surface area contributed by atoms with E-state index in [-0.39, 0.29) is 0 Å². The molecule has 0 unspecified atom stereocenters. The third-order valence-corrected chi connectivity index (χ3v) is 9.20. The summed E-state index contributed by atoms with van der Waals surface area (Å²) in [7, 11) is 0. The van der Waals surface area contributed by atoms with Crippen molar-refractivity contribution in [1.29, 1.82) is 5.26 Å². The zero-order valence-corrected chi connectivity index (χ0v) is 24.9. The highest BCUT2D eigenvalue weighted by molar-refractivity contribution is 7.26. The molecule has 0 aliphatic heterocycles. The van der Waals surface area contributed by atoms with E-state index < -0.39 is 0 Å². The second-order valence-corrected chi connectivity index (χ2v) is 11.9. The van der Waals surface area contributed by atoms with Crippen LogP contribution in [0, 0.1) is 11.3 Å². The van der Waals surface area contributed by atoms with Crippen LogP contribution in [0.3, 0.4) is 0 Å². The van der Waals surface area contributed by atoms with E-state index in [0.29, 0.717) is 23.0 Å². The molecule has 0 aliphatic rings. The molecular formula is C40H24N4S. The average molecular weight is 593 g/mol. The summed E-state index contributed by atoms with van der Waals surface area (Å²) in [6.07, 6.45) is 0. The molecule has 0 radical (unpaired) electrons. The van der Waals surface area contributed by atoms with Crippen molar-refractivity contribution >= 4 is 31.5 Å². The minimum Gasteiger partial charge on any atom is -0.208 e. The SMILES string of the molecule is N#Cc1ccc(-c2cc(-c3ccc(-c4nc(-c5ccccc5)nc(-c5ccccc5)n4)cc3)c3sc4ccccc4c3c2)cc1. The van der Waals surface area contributed by atoms with E-state index in [1.165, 1.54) is 25.7 Å². The molecule has 0 amide bonds. The molecule has 0 spiro atoms. The van der Waals surface area contributed by atoms with Gasteiger partial charge in [0, 0.05) is 42.4 Å². The molecule has 0 fully saturated rings. The molecule has 0 saturated carbocycles. The number of nitriles is 1. The van der Waals surface area contributed by atoms with Crippen molar-refractivity contribution in [2.75, 3.05) is 0 Å². The summed E-state index contributed by atoms with van der Waals surface area (Å²) >= 11 is 1.82. The molecule has 0 atom stereocenters. The molecule has 0 bridgehead atoms. The summed E-state index contributed by atoms with van der Waals surface area (Å²) in [5.41, 5.74) is 7.95. The van der Waals surface area contributed by atoms with E-state index in [1.807, 2.05) is 96.3 Å². The van der Waals surface area contributed by atoms with Gasteiger partial charge in [0.05, 0.1) is 11.6 Å². The Kier molecular flexibility index (Phi) is 6.68. The fourth-order valence-corrected chi connectivity index (χ4v) is 6.90. The largest absolute Gasteiger partial charge is 0.208 e. The molecule has 8 aromatic rings. The Morgan fingerprint density at radius 2 is 0.956 bits per heavy atom. The summed E-state index contributed by atoms with van der Waals surface area (Å²) in [6, 6.07) is 51.7. The van der Waals surface area contributed by atoms with Gasteiger partial charge in [0.15, 0.2) is 17.5 Å². The molecule has 2 heterocycles. The first-order valence-corrected chi connectivity index (χ1v) is 15.5. The molecule has 5 heteroatoms. The molecule has 210 valence electrons. The lowest BCUT2D eigenvalue weighted by atomic mass is 9.95. The number of aromatic nitrogens is 3. The van der Waals surface area contributed by atoms with Gasteiger partial charge >= 0.3 is 0 Å². The quantitative estimate of drug-likeness (QED) is 0.199. The zero-order chi connectivity index (χ0) is 30.2. The first-order valence-electron chi connectivity index (χ1n) is 14.7. The van der Waals surface area contributed by atoms with Crippen molar-refractivity contribution in [2.24, 2.45) is 0 Å². The predicted octanol–water partition coefficient (Wildman–Crippen LogP) is 10.4. The van der Waals surface area contributed by atoms with Crippen LogP contribution >= 0.6 is 11.3 Å². The Morgan fingerprint density at radius 1 is 0.444 bits per heavy atom. The first kappa shape index (κ1) is 26.7. The van der Waals surface area contributed by atoms with Gasteiger partial charge in [-0.25, -0.2) is 15.0 Å². The molecular weight excluding hydrogens is 569 g/mol. The van der Waals surface area contributed by atoms with Gasteiger partial charge in [-0.2, -0.15) is 5.26 Å². The molecule has 0 saturated heterocycles. The van der Waals surface area contributed by atoms with Crippen molar-refractivity contribution in [3.63, 3.8) is 0 Å². The number of nitrogens with zero attached hydrogens (tertiary/aromatic N) is 4. The van der Waals surface area contributed by atoms with Gasteiger partial charge in [0.2, 0.25) is 0 Å². The van der Waals surface area contributed by atoms with E-state index in [1.54, 1.807) is 0 Å². The Morgan fingerprint density at radius 3 is 1.56 bits per heavy atom. The normalized spacial score (nSPS) is 11.1. The van der Waals surface area contributed by atoms with Gasteiger partial charge in [0.1, 0.15) is 0 Å². The number of benzene rings is 6. The van der Waals surface area contributed by atoms with Gasteiger partial charge in [0.25, 0.3) is 0 Å². The topological polar surface area (TPSA) is 62.5 Å². The molecule has 45 heavy (non-hydrogen) atoms. The summed E-state index contributed by atoms with van der Waals surface area (Å²) in [5.74, 6) is 1.92. The maximum Gasteiger partial charge on any atom is 0.164 e. The average Bonchev–Trinajstić information content (AvgIpc) is 3.51. The van der Waals surface area contributed by atoms with Crippen molar-refractivity contribution in [3.05, 3.63) is 151 Å². The smallest absolute Gasteiger partial charge is 0.164 e. The summed E-state index contributed by atoms with van der Waals surface area (Å²) < 4.78 is 2.51. The molecule has 0 aliphatic carbocycles. The maximum absolute atomic E-state index is 9.31. The van der Waals surface area contributed by atoms with E-state index in [4.69, 9.17) is 15.0 Å². The number of rotatable bonds is 5. The Hall–Kier alpha value is -5.96. The van der Waals surface area contributed by atoms with Gasteiger partial charge in [-0.3, -0.25) is 0 Å². The number of thiophene rings is 1. The van der Waals surface area contributed by atoms with Crippen molar-refractivity contribution in [1.82, 2.24) is 15.0 Å². The van der Waals surface area contributed by atoms with Crippen LogP contribution in [0.2, 0.25) is 0 Å². The zero-order valence-electron chi connectivity index (χ0n) is 24.1. The fourth-order valence-electron chi connectivity index (χ4n) is 5.68. The highest BCUT2D eigenvalue weighted by Crippen LogP contribution is 2.43. The Bertz CT molecular complexity index is 2300. The van der Waals surface area contributed by atoms with Crippen LogP contribution in [0.15, 0.2) is 146 Å². The van der Waals surface area contributed by atoms with Gasteiger partial charge in [-0.15, -0.1) is 11.3 Å². The van der Waals surface area contributed by atoms with Crippen molar-refractivity contribution in [3.8, 4) is 62.5 Å². The van der Waals surface area contributed by atoms with Gasteiger partial charge < -0.3 is 0 Å². The van der Waals surface area contributed by atoms with Gasteiger partial charge in [-0.05, 0) is 47.0 Å². The minimum absolute atomic E-state index is 0.632. The fraction of sp³-hybridized carbons (Fsp3) is 0. The van der Waals surface area contributed by atoms with E-state index in [9.17, 15) is 5.26 Å². The summed E-state index contributed by atoms with van der Waals surface area (Å²) in [6.45, 7) is 0. The Labute approximate surface area is 264 Å². The summed E-state index contributed by atoms with van der Waals surface area (Å²) in [5, 5.41) is 11.8. The third kappa shape index (κ3) is 5.04. The van der Waals surface area contributed by atoms with Crippen LogP contribution in [0.1, 0.15) is 5.56 Å². The number of hydrogen-bond acceptors (Lipinski definition) is 5. The van der Waals surface area contributed by atoms with E-state index >= 15 is 0 Å². The van der Waals surface area contributed by atoms with Crippen LogP contribution < -0.4 is 0 Å². The lowest BCUT2D eigenvalue weighted by molar-refractivity contribution is 1.07. The molecule has 0 N–H and O–H groups in total. The molecule has 8 rings (SSSR count). The second-order valence-electron chi connectivity index (χ2n) is 10.8. The monoisotopic (exact) mass is 592 g/mol. The molecule has 6 aromatic carbocycles. The minimum atomic E-state index is 0.632. The maximum atomic E-state index is 9.31. The predicted molar refractivity (Wildman–Crippen MR) is 185 cm³/mol. The van der Waals surface area contributed by atoms with Crippen molar-refractivity contribution < 1.29 is 0 Å². The summed E-state index contributed by atoms with van der Waals surface area (Å²) in [4.78, 5) is 14.6. The van der Waals surface area contributed by atoms with Crippen LogP contribution in [-0.2, 0) is 0 Å². The Balaban J connectivity index is 1.26. The highest BCUT2D eigenvalue weighted by Gasteiger charge is 2.16. The van der Waals surface area contributed by atoms with Crippen LogP contribution in [-0.4, -0.2) is 15.0 Å². The standard InChI is InChI=1S/C40H24N4S/c41-25-26-15-17-27(18-16-26)32-23-34(37-35(24-32)33-13-7-8-14-36(33)45-37)28-19-21-31(22-20-28)40-43-38(29-9-3-1-4-10-29)42-39(44-40)30-11-5-2-6-12-30/h1-24H. The van der Waals surface area contributed by atoms with Crippen LogP contribution in [0.4, 0.5) is 0 Å². The lowest BCUT2D eigenvalue weighted by Gasteiger charge is -2.11. The van der Waals surface area contributed by atoms with Gasteiger partial charge in [-0.1, -0.05) is 115 Å². The van der Waals surface area contributed by atoms with Crippen LogP contribution in [0.25, 0.3) is 76.6 Å². The first-order chi connectivity index (χ1) is 22.2. The second kappa shape index (κ2) is 11.3. The van der Waals surface area contributed by atoms with E-state index in [2.05, 4.69) is 66.7 Å². The van der Waals surface area contributed by atoms with Crippen LogP contribution in [0.5, 0.6) is 0 Å².